The fraction of sp³-hybridized carbons (Fsp3) is 0.400. The number of amides is 2. The molecule has 8 heteroatoms. The maximum atomic E-state index is 12.7. The van der Waals surface area contributed by atoms with Crippen LogP contribution in [0.4, 0.5) is 4.79 Å². The lowest BCUT2D eigenvalue weighted by Gasteiger charge is -2.23. The highest BCUT2D eigenvalue weighted by Crippen LogP contribution is 2.44. The van der Waals surface area contributed by atoms with Crippen LogP contribution in [0, 0.1) is 5.92 Å². The number of aliphatic hydroxyl groups is 1. The summed E-state index contributed by atoms with van der Waals surface area (Å²) in [5.41, 5.74) is 4.40. The fourth-order valence-corrected chi connectivity index (χ4v) is 4.34. The Bertz CT molecular complexity index is 1000. The van der Waals surface area contributed by atoms with Gasteiger partial charge in [-0.2, -0.15) is 0 Å². The molecule has 2 aliphatic rings. The number of carbonyl (C=O) groups excluding carboxylic acids is 2. The van der Waals surface area contributed by atoms with E-state index in [-0.39, 0.29) is 12.5 Å². The summed E-state index contributed by atoms with van der Waals surface area (Å²) in [5, 5.41) is 23.8. The standard InChI is InChI=1S/C25H28N2O6/c1-14(28)22(24(30)31)27-23(29)21(12-15-10-11-15)26-25(32)33-13-20-18-8-4-2-6-16(18)17-7-3-5-9-19(17)20/h2-9,14-15,20-22,28H,10-13H2,1H3,(H,26,32)(H,27,29)(H,30,31). The second kappa shape index (κ2) is 9.62. The van der Waals surface area contributed by atoms with Crippen LogP contribution in [0.25, 0.3) is 11.1 Å². The van der Waals surface area contributed by atoms with Crippen LogP contribution < -0.4 is 10.6 Å². The third-order valence-electron chi connectivity index (χ3n) is 6.26. The largest absolute Gasteiger partial charge is 0.480 e. The lowest BCUT2D eigenvalue weighted by atomic mass is 9.98. The number of benzene rings is 2. The van der Waals surface area contributed by atoms with Crippen molar-refractivity contribution < 1.29 is 29.3 Å². The van der Waals surface area contributed by atoms with E-state index in [1.54, 1.807) is 0 Å². The molecule has 1 fully saturated rings. The molecule has 174 valence electrons. The minimum Gasteiger partial charge on any atom is -0.480 e. The Hall–Kier alpha value is -3.39. The Morgan fingerprint density at radius 1 is 1.00 bits per heavy atom. The lowest BCUT2D eigenvalue weighted by Crippen LogP contribution is -2.55. The number of aliphatic hydroxyl groups excluding tert-OH is 1. The van der Waals surface area contributed by atoms with E-state index in [2.05, 4.69) is 10.6 Å². The molecular weight excluding hydrogens is 424 g/mol. The minimum atomic E-state index is -1.46. The summed E-state index contributed by atoms with van der Waals surface area (Å²) in [5.74, 6) is -1.80. The summed E-state index contributed by atoms with van der Waals surface area (Å²) in [4.78, 5) is 36.6. The second-order valence-corrected chi connectivity index (χ2v) is 8.77. The van der Waals surface area contributed by atoms with Gasteiger partial charge >= 0.3 is 12.1 Å². The average Bonchev–Trinajstić information content (AvgIpc) is 3.55. The number of fused-ring (bicyclic) bond motifs is 3. The molecule has 0 bridgehead atoms. The maximum Gasteiger partial charge on any atom is 0.407 e. The van der Waals surface area contributed by atoms with Crippen LogP contribution in [0.15, 0.2) is 48.5 Å². The molecule has 0 spiro atoms. The first-order valence-electron chi connectivity index (χ1n) is 11.2. The van der Waals surface area contributed by atoms with Gasteiger partial charge in [-0.15, -0.1) is 0 Å². The van der Waals surface area contributed by atoms with Crippen LogP contribution in [-0.4, -0.2) is 53.0 Å². The number of carboxylic acids is 1. The predicted molar refractivity (Wildman–Crippen MR) is 121 cm³/mol. The van der Waals surface area contributed by atoms with Crippen molar-refractivity contribution in [2.24, 2.45) is 5.92 Å². The molecule has 3 atom stereocenters. The maximum absolute atomic E-state index is 12.7. The zero-order valence-electron chi connectivity index (χ0n) is 18.4. The van der Waals surface area contributed by atoms with Crippen LogP contribution in [-0.2, 0) is 14.3 Å². The number of hydrogen-bond donors (Lipinski definition) is 4. The Balaban J connectivity index is 1.41. The Morgan fingerprint density at radius 2 is 1.58 bits per heavy atom. The van der Waals surface area contributed by atoms with Gasteiger partial charge in [-0.1, -0.05) is 61.4 Å². The third kappa shape index (κ3) is 5.17. The number of carbonyl (C=O) groups is 3. The van der Waals surface area contributed by atoms with Crippen molar-refractivity contribution in [2.75, 3.05) is 6.61 Å². The molecule has 4 rings (SSSR count). The lowest BCUT2D eigenvalue weighted by molar-refractivity contribution is -0.145. The summed E-state index contributed by atoms with van der Waals surface area (Å²) in [6.45, 7) is 1.40. The topological polar surface area (TPSA) is 125 Å². The van der Waals surface area contributed by atoms with E-state index < -0.39 is 36.2 Å². The Morgan fingerprint density at radius 3 is 2.09 bits per heavy atom. The Labute approximate surface area is 192 Å². The van der Waals surface area contributed by atoms with E-state index in [9.17, 15) is 24.6 Å². The van der Waals surface area contributed by atoms with Crippen LogP contribution in [0.1, 0.15) is 43.2 Å². The van der Waals surface area contributed by atoms with Crippen LogP contribution in [0.2, 0.25) is 0 Å². The number of alkyl carbamates (subject to hydrolysis) is 1. The molecular formula is C25H28N2O6. The van der Waals surface area contributed by atoms with Gasteiger partial charge in [-0.25, -0.2) is 9.59 Å². The third-order valence-corrected chi connectivity index (χ3v) is 6.26. The van der Waals surface area contributed by atoms with E-state index in [1.165, 1.54) is 6.92 Å². The molecule has 0 aliphatic heterocycles. The number of aliphatic carboxylic acids is 1. The first kappa shape index (κ1) is 22.8. The van der Waals surface area contributed by atoms with Gasteiger partial charge in [-0.3, -0.25) is 4.79 Å². The molecule has 4 N–H and O–H groups in total. The molecule has 33 heavy (non-hydrogen) atoms. The minimum absolute atomic E-state index is 0.106. The SMILES string of the molecule is CC(O)C(NC(=O)C(CC1CC1)NC(=O)OCC1c2ccccc2-c2ccccc21)C(=O)O. The van der Waals surface area contributed by atoms with Crippen molar-refractivity contribution in [3.63, 3.8) is 0 Å². The number of hydrogen-bond acceptors (Lipinski definition) is 5. The van der Waals surface area contributed by atoms with Gasteiger partial charge in [-0.05, 0) is 41.5 Å². The van der Waals surface area contributed by atoms with Gasteiger partial charge in [0.05, 0.1) is 6.10 Å². The zero-order chi connectivity index (χ0) is 23.5. The van der Waals surface area contributed by atoms with E-state index in [1.807, 2.05) is 48.5 Å². The molecule has 2 amide bonds. The molecule has 1 saturated carbocycles. The highest BCUT2D eigenvalue weighted by atomic mass is 16.5. The molecule has 3 unspecified atom stereocenters. The van der Waals surface area contributed by atoms with Crippen molar-refractivity contribution in [3.05, 3.63) is 59.7 Å². The summed E-state index contributed by atoms with van der Waals surface area (Å²) in [7, 11) is 0. The monoisotopic (exact) mass is 452 g/mol. The Kier molecular flexibility index (Phi) is 6.65. The predicted octanol–water partition coefficient (Wildman–Crippen LogP) is 2.64. The van der Waals surface area contributed by atoms with Crippen molar-refractivity contribution >= 4 is 18.0 Å². The fourth-order valence-electron chi connectivity index (χ4n) is 4.34. The highest BCUT2D eigenvalue weighted by molar-refractivity contribution is 5.89. The molecule has 8 nitrogen and oxygen atoms in total. The second-order valence-electron chi connectivity index (χ2n) is 8.77. The number of rotatable bonds is 9. The van der Waals surface area contributed by atoms with Crippen molar-refractivity contribution in [1.29, 1.82) is 0 Å². The zero-order valence-corrected chi connectivity index (χ0v) is 18.4. The van der Waals surface area contributed by atoms with Crippen LogP contribution in [0.5, 0.6) is 0 Å². The first-order valence-corrected chi connectivity index (χ1v) is 11.2. The quantitative estimate of drug-likeness (QED) is 0.464. The van der Waals surface area contributed by atoms with Gasteiger partial charge < -0.3 is 25.6 Å². The van der Waals surface area contributed by atoms with Crippen LogP contribution in [0.3, 0.4) is 0 Å². The molecule has 0 aromatic heterocycles. The normalized spacial score (nSPS) is 17.3. The van der Waals surface area contributed by atoms with E-state index in [4.69, 9.17) is 4.74 Å². The van der Waals surface area contributed by atoms with Crippen LogP contribution >= 0.6 is 0 Å². The molecule has 0 radical (unpaired) electrons. The van der Waals surface area contributed by atoms with E-state index in [0.29, 0.717) is 12.3 Å². The molecule has 2 aliphatic carbocycles. The van der Waals surface area contributed by atoms with Gasteiger partial charge in [0.25, 0.3) is 0 Å². The molecule has 0 heterocycles. The van der Waals surface area contributed by atoms with Crippen molar-refractivity contribution in [1.82, 2.24) is 10.6 Å². The van der Waals surface area contributed by atoms with Gasteiger partial charge in [0.15, 0.2) is 6.04 Å². The van der Waals surface area contributed by atoms with Gasteiger partial charge in [0.1, 0.15) is 12.6 Å². The summed E-state index contributed by atoms with van der Waals surface area (Å²) in [6, 6.07) is 13.6. The van der Waals surface area contributed by atoms with Gasteiger partial charge in [0.2, 0.25) is 5.91 Å². The van der Waals surface area contributed by atoms with E-state index in [0.717, 1.165) is 35.1 Å². The summed E-state index contributed by atoms with van der Waals surface area (Å²) < 4.78 is 5.53. The molecule has 2 aromatic carbocycles. The first-order chi connectivity index (χ1) is 15.8. The summed E-state index contributed by atoms with van der Waals surface area (Å²) >= 11 is 0. The average molecular weight is 453 g/mol. The molecule has 0 saturated heterocycles. The smallest absolute Gasteiger partial charge is 0.407 e. The number of ether oxygens (including phenoxy) is 1. The van der Waals surface area contributed by atoms with Gasteiger partial charge in [0, 0.05) is 5.92 Å². The highest BCUT2D eigenvalue weighted by Gasteiger charge is 2.35. The van der Waals surface area contributed by atoms with Crippen molar-refractivity contribution in [3.8, 4) is 11.1 Å². The van der Waals surface area contributed by atoms with Crippen molar-refractivity contribution in [2.45, 2.75) is 50.3 Å². The number of nitrogens with one attached hydrogen (secondary N) is 2. The molecule has 2 aromatic rings. The summed E-state index contributed by atoms with van der Waals surface area (Å²) in [6.07, 6.45) is 0.287. The van der Waals surface area contributed by atoms with E-state index >= 15 is 0 Å². The number of carboxylic acid groups (broad SMARTS) is 1.